The Morgan fingerprint density at radius 3 is 2.45 bits per heavy atom. The second-order valence-electron chi connectivity index (χ2n) is 11.0. The number of alkyl carbamates (subject to hydrolysis) is 1. The number of hydrogen-bond acceptors (Lipinski definition) is 10. The summed E-state index contributed by atoms with van der Waals surface area (Å²) in [4.78, 5) is 65.7. The molecular weight excluding hydrogens is 548 g/mol. The molecule has 1 aliphatic rings. The fourth-order valence-corrected chi connectivity index (χ4v) is 4.25. The van der Waals surface area contributed by atoms with Crippen LogP contribution in [0.5, 0.6) is 0 Å². The molecule has 4 atom stereocenters. The van der Waals surface area contributed by atoms with Crippen LogP contribution in [0.15, 0.2) is 30.3 Å². The Labute approximate surface area is 243 Å². The molecule has 4 N–H and O–H groups in total. The van der Waals surface area contributed by atoms with Crippen molar-refractivity contribution in [3.05, 3.63) is 41.7 Å². The molecule has 4 amide bonds. The van der Waals surface area contributed by atoms with E-state index in [-0.39, 0.29) is 31.3 Å². The van der Waals surface area contributed by atoms with Crippen LogP contribution in [0.3, 0.4) is 0 Å². The third-order valence-electron chi connectivity index (χ3n) is 6.56. The minimum atomic E-state index is -0.986. The van der Waals surface area contributed by atoms with Gasteiger partial charge in [-0.15, -0.1) is 10.2 Å². The van der Waals surface area contributed by atoms with Crippen LogP contribution < -0.4 is 16.0 Å². The van der Waals surface area contributed by atoms with E-state index < -0.39 is 60.1 Å². The molecule has 1 aromatic heterocycles. The van der Waals surface area contributed by atoms with Crippen LogP contribution in [0.4, 0.5) is 4.79 Å². The molecule has 1 fully saturated rings. The second-order valence-corrected chi connectivity index (χ2v) is 11.0. The van der Waals surface area contributed by atoms with Crippen molar-refractivity contribution in [3.63, 3.8) is 0 Å². The van der Waals surface area contributed by atoms with Crippen molar-refractivity contribution >= 4 is 29.8 Å². The number of carbonyl (C=O) groups is 5. The van der Waals surface area contributed by atoms with E-state index in [1.807, 2.05) is 6.92 Å². The number of H-pyrrole nitrogens is 1. The normalized spacial score (nSPS) is 18.0. The maximum absolute atomic E-state index is 13.3. The number of nitrogens with one attached hydrogen (secondary N) is 4. The van der Waals surface area contributed by atoms with Crippen molar-refractivity contribution in [2.24, 2.45) is 5.92 Å². The molecule has 3 rings (SSSR count). The predicted octanol–water partition coefficient (Wildman–Crippen LogP) is 0.698. The zero-order valence-corrected chi connectivity index (χ0v) is 24.4. The summed E-state index contributed by atoms with van der Waals surface area (Å²) in [6.45, 7) is 8.24. The quantitative estimate of drug-likeness (QED) is 0.272. The van der Waals surface area contributed by atoms with Gasteiger partial charge in [0.15, 0.2) is 5.82 Å². The Hall–Kier alpha value is -4.56. The third kappa shape index (κ3) is 9.24. The van der Waals surface area contributed by atoms with Gasteiger partial charge in [0.05, 0.1) is 25.2 Å². The van der Waals surface area contributed by atoms with E-state index in [4.69, 9.17) is 9.47 Å². The Bertz CT molecular complexity index is 1230. The number of nitrogens with zero attached hydrogens (tertiary/aromatic N) is 4. The number of aromatic amines is 1. The Morgan fingerprint density at radius 2 is 1.83 bits per heavy atom. The van der Waals surface area contributed by atoms with E-state index in [0.29, 0.717) is 12.0 Å². The SMILES string of the molecule is CC[C@H](C)[C@H](NC(=O)OC(C)(C)C)C(=O)NCC(=O)N1C[C@H](OC(=O)c2ccccc2)C[C@H]1C(=O)NCc1nn[nH]n1. The number of amides is 4. The van der Waals surface area contributed by atoms with Crippen molar-refractivity contribution in [2.75, 3.05) is 13.1 Å². The summed E-state index contributed by atoms with van der Waals surface area (Å²) in [7, 11) is 0. The molecule has 0 unspecified atom stereocenters. The van der Waals surface area contributed by atoms with Gasteiger partial charge < -0.3 is 30.3 Å². The van der Waals surface area contributed by atoms with Gasteiger partial charge in [-0.3, -0.25) is 14.4 Å². The van der Waals surface area contributed by atoms with Gasteiger partial charge in [-0.1, -0.05) is 43.7 Å². The zero-order chi connectivity index (χ0) is 30.9. The highest BCUT2D eigenvalue weighted by molar-refractivity contribution is 5.93. The molecule has 15 nitrogen and oxygen atoms in total. The molecule has 0 spiro atoms. The molecule has 1 aromatic carbocycles. The van der Waals surface area contributed by atoms with Crippen LogP contribution in [-0.2, 0) is 30.4 Å². The lowest BCUT2D eigenvalue weighted by molar-refractivity contribution is -0.139. The van der Waals surface area contributed by atoms with E-state index >= 15 is 0 Å². The third-order valence-corrected chi connectivity index (χ3v) is 6.56. The van der Waals surface area contributed by atoms with E-state index in [9.17, 15) is 24.0 Å². The molecule has 42 heavy (non-hydrogen) atoms. The average Bonchev–Trinajstić information content (AvgIpc) is 3.62. The largest absolute Gasteiger partial charge is 0.457 e. The molecule has 1 aliphatic heterocycles. The first-order valence-corrected chi connectivity index (χ1v) is 13.7. The summed E-state index contributed by atoms with van der Waals surface area (Å²) in [5, 5.41) is 21.1. The predicted molar refractivity (Wildman–Crippen MR) is 147 cm³/mol. The van der Waals surface area contributed by atoms with Crippen molar-refractivity contribution in [1.29, 1.82) is 0 Å². The highest BCUT2D eigenvalue weighted by Crippen LogP contribution is 2.22. The summed E-state index contributed by atoms with van der Waals surface area (Å²) < 4.78 is 10.9. The van der Waals surface area contributed by atoms with Crippen LogP contribution in [0.1, 0.15) is 63.6 Å². The molecule has 2 aromatic rings. The molecule has 0 saturated carbocycles. The smallest absolute Gasteiger partial charge is 0.408 e. The maximum Gasteiger partial charge on any atom is 0.408 e. The van der Waals surface area contributed by atoms with E-state index in [1.165, 1.54) is 4.90 Å². The molecule has 0 radical (unpaired) electrons. The Balaban J connectivity index is 1.67. The Kier molecular flexibility index (Phi) is 10.9. The first-order valence-electron chi connectivity index (χ1n) is 13.7. The lowest BCUT2D eigenvalue weighted by atomic mass is 9.98. The fourth-order valence-electron chi connectivity index (χ4n) is 4.25. The molecule has 228 valence electrons. The fraction of sp³-hybridized carbons (Fsp3) is 0.556. The highest BCUT2D eigenvalue weighted by atomic mass is 16.6. The van der Waals surface area contributed by atoms with Crippen LogP contribution in [0.25, 0.3) is 0 Å². The molecular formula is C27H38N8O7. The standard InChI is InChI=1S/C27H38N8O7/c1-6-16(2)22(30-26(40)42-27(3,4)5)24(38)29-14-21(36)35-15-18(41-25(39)17-10-8-7-9-11-17)12-19(35)23(37)28-13-20-31-33-34-32-20/h7-11,16,18-19,22H,6,12-15H2,1-5H3,(H,28,37)(H,29,38)(H,30,40)(H,31,32,33,34)/t16-,18+,19-,22-/m0/s1. The van der Waals surface area contributed by atoms with Gasteiger partial charge in [-0.2, -0.15) is 5.21 Å². The summed E-state index contributed by atoms with van der Waals surface area (Å²) >= 11 is 0. The number of tetrazole rings is 1. The van der Waals surface area contributed by atoms with Crippen molar-refractivity contribution in [2.45, 2.75) is 77.8 Å². The van der Waals surface area contributed by atoms with Crippen LogP contribution >= 0.6 is 0 Å². The number of rotatable bonds is 11. The minimum absolute atomic E-state index is 0.0357. The second kappa shape index (κ2) is 14.4. The monoisotopic (exact) mass is 586 g/mol. The van der Waals surface area contributed by atoms with Gasteiger partial charge in [-0.25, -0.2) is 9.59 Å². The number of likely N-dealkylation sites (tertiary alicyclic amines) is 1. The molecule has 1 saturated heterocycles. The average molecular weight is 587 g/mol. The first-order chi connectivity index (χ1) is 19.9. The zero-order valence-electron chi connectivity index (χ0n) is 24.4. The minimum Gasteiger partial charge on any atom is -0.457 e. The highest BCUT2D eigenvalue weighted by Gasteiger charge is 2.41. The van der Waals surface area contributed by atoms with Gasteiger partial charge in [0, 0.05) is 6.42 Å². The lowest BCUT2D eigenvalue weighted by Gasteiger charge is -2.27. The van der Waals surface area contributed by atoms with Crippen LogP contribution in [0, 0.1) is 5.92 Å². The summed E-state index contributed by atoms with van der Waals surface area (Å²) in [6, 6.07) is 6.42. The van der Waals surface area contributed by atoms with Crippen molar-refractivity contribution < 1.29 is 33.4 Å². The number of benzene rings is 1. The van der Waals surface area contributed by atoms with Gasteiger partial charge >= 0.3 is 12.1 Å². The van der Waals surface area contributed by atoms with Gasteiger partial charge in [0.1, 0.15) is 23.8 Å². The number of carbonyl (C=O) groups excluding carboxylic acids is 5. The van der Waals surface area contributed by atoms with E-state index in [2.05, 4.69) is 36.6 Å². The van der Waals surface area contributed by atoms with Gasteiger partial charge in [-0.05, 0) is 38.8 Å². The number of hydrogen-bond donors (Lipinski definition) is 4. The van der Waals surface area contributed by atoms with E-state index in [0.717, 1.165) is 0 Å². The number of ether oxygens (including phenoxy) is 2. The number of esters is 1. The summed E-state index contributed by atoms with van der Waals surface area (Å²) in [6.07, 6.45) is -0.896. The molecule has 0 bridgehead atoms. The molecule has 15 heteroatoms. The van der Waals surface area contributed by atoms with E-state index in [1.54, 1.807) is 58.0 Å². The van der Waals surface area contributed by atoms with Gasteiger partial charge in [0.25, 0.3) is 0 Å². The maximum atomic E-state index is 13.3. The van der Waals surface area contributed by atoms with Crippen molar-refractivity contribution in [3.8, 4) is 0 Å². The van der Waals surface area contributed by atoms with Crippen molar-refractivity contribution in [1.82, 2.24) is 41.5 Å². The topological polar surface area (TPSA) is 198 Å². The lowest BCUT2D eigenvalue weighted by Crippen LogP contribution is -2.54. The summed E-state index contributed by atoms with van der Waals surface area (Å²) in [5.41, 5.74) is -0.423. The number of aromatic nitrogens is 4. The summed E-state index contributed by atoms with van der Waals surface area (Å²) in [5.74, 6) is -2.26. The van der Waals surface area contributed by atoms with Gasteiger partial charge in [0.2, 0.25) is 17.7 Å². The molecule has 0 aliphatic carbocycles. The van der Waals surface area contributed by atoms with Crippen LogP contribution in [0.2, 0.25) is 0 Å². The first kappa shape index (κ1) is 32.0. The van der Waals surface area contributed by atoms with Crippen LogP contribution in [-0.4, -0.2) is 92.2 Å². The molecule has 2 heterocycles. The Morgan fingerprint density at radius 1 is 1.12 bits per heavy atom.